The molecular formula is C4H2F8O4S. The summed E-state index contributed by atoms with van der Waals surface area (Å²) >= 11 is 0. The SMILES string of the molecule is O=S(=O)(O)C(F)(C(O)(F)F)C(F)(F)C(F)(F)F. The topological polar surface area (TPSA) is 74.6 Å². The summed E-state index contributed by atoms with van der Waals surface area (Å²) in [4.78, 5) is 0. The van der Waals surface area contributed by atoms with E-state index in [0.717, 1.165) is 0 Å². The first-order chi connectivity index (χ1) is 7.00. The quantitative estimate of drug-likeness (QED) is 0.609. The van der Waals surface area contributed by atoms with E-state index in [0.29, 0.717) is 0 Å². The van der Waals surface area contributed by atoms with Crippen LogP contribution in [0.3, 0.4) is 0 Å². The summed E-state index contributed by atoms with van der Waals surface area (Å²) in [5, 5.41) is 0.591. The van der Waals surface area contributed by atoms with Gasteiger partial charge in [-0.15, -0.1) is 0 Å². The lowest BCUT2D eigenvalue weighted by Gasteiger charge is -2.33. The molecule has 0 heterocycles. The highest BCUT2D eigenvalue weighted by Crippen LogP contribution is 2.53. The summed E-state index contributed by atoms with van der Waals surface area (Å²) in [6.07, 6.45) is -13.8. The smallest absolute Gasteiger partial charge is 0.333 e. The summed E-state index contributed by atoms with van der Waals surface area (Å²) in [7, 11) is -7.30. The highest BCUT2D eigenvalue weighted by molar-refractivity contribution is 7.87. The third kappa shape index (κ3) is 2.18. The maximum absolute atomic E-state index is 12.8. The second-order valence-corrected chi connectivity index (χ2v) is 4.20. The molecule has 0 aliphatic heterocycles. The van der Waals surface area contributed by atoms with Gasteiger partial charge in [0.05, 0.1) is 0 Å². The Morgan fingerprint density at radius 1 is 0.824 bits per heavy atom. The van der Waals surface area contributed by atoms with Crippen LogP contribution in [0.4, 0.5) is 35.1 Å². The molecule has 1 atom stereocenters. The number of rotatable bonds is 3. The van der Waals surface area contributed by atoms with Crippen molar-refractivity contribution >= 4 is 10.1 Å². The van der Waals surface area contributed by atoms with E-state index in [4.69, 9.17) is 9.66 Å². The molecule has 1 unspecified atom stereocenters. The second kappa shape index (κ2) is 3.65. The van der Waals surface area contributed by atoms with Gasteiger partial charge >= 0.3 is 33.3 Å². The molecule has 0 spiro atoms. The van der Waals surface area contributed by atoms with Crippen molar-refractivity contribution in [2.45, 2.75) is 23.2 Å². The molecule has 104 valence electrons. The van der Waals surface area contributed by atoms with Crippen LogP contribution in [0, 0.1) is 0 Å². The highest BCUT2D eigenvalue weighted by Gasteiger charge is 2.86. The Morgan fingerprint density at radius 3 is 1.18 bits per heavy atom. The van der Waals surface area contributed by atoms with Crippen molar-refractivity contribution in [3.8, 4) is 0 Å². The van der Waals surface area contributed by atoms with Crippen LogP contribution >= 0.6 is 0 Å². The van der Waals surface area contributed by atoms with Gasteiger partial charge in [-0.1, -0.05) is 0 Å². The van der Waals surface area contributed by atoms with Crippen molar-refractivity contribution in [2.24, 2.45) is 0 Å². The largest absolute Gasteiger partial charge is 0.458 e. The lowest BCUT2D eigenvalue weighted by molar-refractivity contribution is -0.375. The van der Waals surface area contributed by atoms with Crippen molar-refractivity contribution in [1.29, 1.82) is 0 Å². The molecule has 0 amide bonds. The van der Waals surface area contributed by atoms with Crippen LogP contribution in [0.5, 0.6) is 0 Å². The normalized spacial score (nSPS) is 18.9. The molecule has 0 aromatic heterocycles. The predicted octanol–water partition coefficient (Wildman–Crippen LogP) is 1.32. The predicted molar refractivity (Wildman–Crippen MR) is 33.6 cm³/mol. The van der Waals surface area contributed by atoms with Gasteiger partial charge in [-0.3, -0.25) is 4.55 Å². The van der Waals surface area contributed by atoms with Gasteiger partial charge in [0.15, 0.2) is 0 Å². The first-order valence-electron chi connectivity index (χ1n) is 3.21. The molecule has 0 aromatic carbocycles. The summed E-state index contributed by atoms with van der Waals surface area (Å²) < 4.78 is 124. The number of alkyl halides is 8. The van der Waals surface area contributed by atoms with Gasteiger partial charge in [-0.25, -0.2) is 4.39 Å². The Labute approximate surface area is 87.6 Å². The van der Waals surface area contributed by atoms with Crippen LogP contribution in [-0.2, 0) is 10.1 Å². The van der Waals surface area contributed by atoms with E-state index >= 15 is 0 Å². The molecule has 0 saturated carbocycles. The van der Waals surface area contributed by atoms with E-state index in [2.05, 4.69) is 0 Å². The molecular weight excluding hydrogens is 296 g/mol. The Hall–Kier alpha value is -0.690. The van der Waals surface area contributed by atoms with E-state index in [1.165, 1.54) is 0 Å². The highest BCUT2D eigenvalue weighted by atomic mass is 32.2. The molecule has 13 heteroatoms. The Bertz CT molecular complexity index is 393. The molecule has 4 nitrogen and oxygen atoms in total. The molecule has 0 saturated heterocycles. The average Bonchev–Trinajstić information content (AvgIpc) is 1.95. The van der Waals surface area contributed by atoms with Crippen LogP contribution in [0.2, 0.25) is 0 Å². The van der Waals surface area contributed by atoms with Crippen LogP contribution in [0.25, 0.3) is 0 Å². The van der Waals surface area contributed by atoms with E-state index in [1.54, 1.807) is 0 Å². The Kier molecular flexibility index (Phi) is 3.50. The molecule has 2 N–H and O–H groups in total. The maximum Gasteiger partial charge on any atom is 0.458 e. The third-order valence-electron chi connectivity index (χ3n) is 1.50. The lowest BCUT2D eigenvalue weighted by Crippen LogP contribution is -2.67. The zero-order valence-corrected chi connectivity index (χ0v) is 7.96. The van der Waals surface area contributed by atoms with Crippen LogP contribution in [0.15, 0.2) is 0 Å². The fourth-order valence-corrected chi connectivity index (χ4v) is 1.44. The Balaban J connectivity index is 6.24. The van der Waals surface area contributed by atoms with Crippen molar-refractivity contribution in [2.75, 3.05) is 0 Å². The van der Waals surface area contributed by atoms with E-state index in [1.807, 2.05) is 0 Å². The minimum atomic E-state index is -7.30. The van der Waals surface area contributed by atoms with Crippen molar-refractivity contribution in [3.63, 3.8) is 0 Å². The maximum atomic E-state index is 12.8. The van der Waals surface area contributed by atoms with E-state index < -0.39 is 33.3 Å². The number of halogens is 8. The number of hydrogen-bond acceptors (Lipinski definition) is 3. The first-order valence-corrected chi connectivity index (χ1v) is 4.65. The summed E-state index contributed by atoms with van der Waals surface area (Å²) in [6, 6.07) is 0. The summed E-state index contributed by atoms with van der Waals surface area (Å²) in [5.74, 6) is -7.24. The fraction of sp³-hybridized carbons (Fsp3) is 1.00. The molecule has 0 aliphatic rings. The van der Waals surface area contributed by atoms with Gasteiger partial charge in [0.2, 0.25) is 0 Å². The Morgan fingerprint density at radius 2 is 1.12 bits per heavy atom. The van der Waals surface area contributed by atoms with Gasteiger partial charge in [0.25, 0.3) is 0 Å². The molecule has 0 fully saturated rings. The number of aliphatic hydroxyl groups is 1. The molecule has 0 aromatic rings. The molecule has 0 aliphatic carbocycles. The van der Waals surface area contributed by atoms with Gasteiger partial charge in [0, 0.05) is 0 Å². The zero-order chi connectivity index (χ0) is 14.5. The summed E-state index contributed by atoms with van der Waals surface area (Å²) in [5.41, 5.74) is 0. The molecule has 0 radical (unpaired) electrons. The van der Waals surface area contributed by atoms with Crippen LogP contribution in [-0.4, -0.2) is 41.3 Å². The molecule has 17 heavy (non-hydrogen) atoms. The van der Waals surface area contributed by atoms with Gasteiger partial charge in [-0.05, 0) is 0 Å². The number of hydrogen-bond donors (Lipinski definition) is 2. The summed E-state index contributed by atoms with van der Waals surface area (Å²) in [6.45, 7) is 0. The molecule has 0 bridgehead atoms. The minimum Gasteiger partial charge on any atom is -0.333 e. The zero-order valence-electron chi connectivity index (χ0n) is 7.14. The van der Waals surface area contributed by atoms with Gasteiger partial charge < -0.3 is 5.11 Å². The minimum absolute atomic E-state index is 6.69. The lowest BCUT2D eigenvalue weighted by atomic mass is 10.1. The molecule has 0 rings (SSSR count). The van der Waals surface area contributed by atoms with Crippen molar-refractivity contribution < 1.29 is 53.2 Å². The standard InChI is InChI=1S/C4H2F8O4S/c5-1(6,3(8,9)10)2(7,4(11,12)13)17(14,15)16/h13H,(H,14,15,16). The monoisotopic (exact) mass is 298 g/mol. The average molecular weight is 298 g/mol. The van der Waals surface area contributed by atoms with Crippen LogP contribution in [0.1, 0.15) is 0 Å². The third-order valence-corrected chi connectivity index (χ3v) is 2.72. The second-order valence-electron chi connectivity index (χ2n) is 2.68. The van der Waals surface area contributed by atoms with Crippen molar-refractivity contribution in [1.82, 2.24) is 0 Å². The fourth-order valence-electron chi connectivity index (χ4n) is 0.688. The van der Waals surface area contributed by atoms with E-state index in [-0.39, 0.29) is 0 Å². The van der Waals surface area contributed by atoms with E-state index in [9.17, 15) is 43.5 Å². The first kappa shape index (κ1) is 16.3. The van der Waals surface area contributed by atoms with Crippen molar-refractivity contribution in [3.05, 3.63) is 0 Å². The van der Waals surface area contributed by atoms with Gasteiger partial charge in [0.1, 0.15) is 0 Å². The van der Waals surface area contributed by atoms with Gasteiger partial charge in [-0.2, -0.15) is 39.2 Å². The van der Waals surface area contributed by atoms with Crippen LogP contribution < -0.4 is 0 Å².